The number of primary amides is 2. The van der Waals surface area contributed by atoms with Crippen LogP contribution in [0.5, 0.6) is 0 Å². The molecule has 0 aromatic rings. The average molecular weight is 272 g/mol. The second-order valence-electron chi connectivity index (χ2n) is 5.07. The molecule has 0 rings (SSSR count). The van der Waals surface area contributed by atoms with Gasteiger partial charge in [0.1, 0.15) is 0 Å². The van der Waals surface area contributed by atoms with Crippen molar-refractivity contribution in [2.45, 2.75) is 57.5 Å². The van der Waals surface area contributed by atoms with Gasteiger partial charge < -0.3 is 22.1 Å². The molecule has 0 aromatic heterocycles. The van der Waals surface area contributed by atoms with E-state index in [0.29, 0.717) is 13.0 Å². The van der Waals surface area contributed by atoms with Crippen LogP contribution >= 0.6 is 0 Å². The van der Waals surface area contributed by atoms with Gasteiger partial charge in [0.2, 0.25) is 11.8 Å². The zero-order valence-electron chi connectivity index (χ0n) is 12.3. The maximum absolute atomic E-state index is 11.4. The summed E-state index contributed by atoms with van der Waals surface area (Å²) in [6.45, 7) is 4.49. The maximum atomic E-state index is 11.4. The fraction of sp³-hybridized carbons (Fsp3) is 0.846. The van der Waals surface area contributed by atoms with Crippen molar-refractivity contribution in [3.05, 3.63) is 0 Å². The Morgan fingerprint density at radius 1 is 1.21 bits per heavy atom. The zero-order chi connectivity index (χ0) is 14.9. The van der Waals surface area contributed by atoms with E-state index in [1.807, 2.05) is 13.8 Å². The van der Waals surface area contributed by atoms with Crippen LogP contribution in [0.25, 0.3) is 0 Å². The van der Waals surface area contributed by atoms with Crippen molar-refractivity contribution in [1.82, 2.24) is 10.6 Å². The van der Waals surface area contributed by atoms with Crippen LogP contribution in [0.4, 0.5) is 0 Å². The van der Waals surface area contributed by atoms with Crippen LogP contribution in [0.15, 0.2) is 0 Å². The summed E-state index contributed by atoms with van der Waals surface area (Å²) in [5.74, 6) is -0.642. The zero-order valence-corrected chi connectivity index (χ0v) is 12.3. The minimum Gasteiger partial charge on any atom is -0.368 e. The van der Waals surface area contributed by atoms with Crippen molar-refractivity contribution in [1.29, 1.82) is 0 Å². The van der Waals surface area contributed by atoms with E-state index < -0.39 is 5.54 Å². The molecule has 0 saturated carbocycles. The number of hydrogen-bond donors (Lipinski definition) is 4. The number of unbranched alkanes of at least 4 members (excludes halogenated alkanes) is 2. The van der Waals surface area contributed by atoms with E-state index in [-0.39, 0.29) is 17.9 Å². The Kier molecular flexibility index (Phi) is 8.34. The van der Waals surface area contributed by atoms with Gasteiger partial charge in [0.25, 0.3) is 0 Å². The van der Waals surface area contributed by atoms with Crippen LogP contribution in [-0.4, -0.2) is 37.0 Å². The molecule has 112 valence electrons. The standard InChI is InChI=1S/C13H28N4O2/c1-4-17-13(2,12(15)19)9-7-5-6-8-10(16-3)11(14)18/h10,16-17H,4-9H2,1-3H3,(H2,14,18)(H2,15,19). The molecular formula is C13H28N4O2. The van der Waals surface area contributed by atoms with E-state index in [1.54, 1.807) is 7.05 Å². The number of hydrogen-bond acceptors (Lipinski definition) is 4. The SMILES string of the molecule is CCNC(C)(CCCCCC(NC)C(N)=O)C(N)=O. The lowest BCUT2D eigenvalue weighted by Crippen LogP contribution is -2.52. The number of likely N-dealkylation sites (N-methyl/N-ethyl adjacent to an activating group) is 2. The van der Waals surface area contributed by atoms with Crippen molar-refractivity contribution < 1.29 is 9.59 Å². The molecule has 0 heterocycles. The Labute approximate surface area is 115 Å². The lowest BCUT2D eigenvalue weighted by molar-refractivity contribution is -0.124. The minimum absolute atomic E-state index is 0.267. The molecule has 2 unspecified atom stereocenters. The summed E-state index contributed by atoms with van der Waals surface area (Å²) in [5, 5.41) is 6.01. The Morgan fingerprint density at radius 3 is 2.26 bits per heavy atom. The fourth-order valence-corrected chi connectivity index (χ4v) is 2.12. The van der Waals surface area contributed by atoms with Gasteiger partial charge in [0, 0.05) is 0 Å². The van der Waals surface area contributed by atoms with Gasteiger partial charge in [-0.2, -0.15) is 0 Å². The Morgan fingerprint density at radius 2 is 1.84 bits per heavy atom. The summed E-state index contributed by atoms with van der Waals surface area (Å²) in [4.78, 5) is 22.4. The smallest absolute Gasteiger partial charge is 0.237 e. The van der Waals surface area contributed by atoms with Crippen LogP contribution in [0.1, 0.15) is 46.0 Å². The number of carbonyl (C=O) groups excluding carboxylic acids is 2. The van der Waals surface area contributed by atoms with Crippen molar-refractivity contribution in [3.63, 3.8) is 0 Å². The number of amides is 2. The number of nitrogens with two attached hydrogens (primary N) is 2. The largest absolute Gasteiger partial charge is 0.368 e. The Balaban J connectivity index is 3.95. The van der Waals surface area contributed by atoms with Gasteiger partial charge in [-0.1, -0.05) is 26.2 Å². The molecule has 2 amide bonds. The molecule has 0 aliphatic rings. The number of carbonyl (C=O) groups is 2. The van der Waals surface area contributed by atoms with Gasteiger partial charge >= 0.3 is 0 Å². The van der Waals surface area contributed by atoms with E-state index >= 15 is 0 Å². The van der Waals surface area contributed by atoms with Crippen molar-refractivity contribution in [3.8, 4) is 0 Å². The second kappa shape index (κ2) is 8.87. The van der Waals surface area contributed by atoms with E-state index in [1.165, 1.54) is 0 Å². The van der Waals surface area contributed by atoms with Gasteiger partial charge in [-0.15, -0.1) is 0 Å². The summed E-state index contributed by atoms with van der Waals surface area (Å²) in [5.41, 5.74) is 10.0. The highest BCUT2D eigenvalue weighted by Gasteiger charge is 2.28. The van der Waals surface area contributed by atoms with Gasteiger partial charge in [0.05, 0.1) is 11.6 Å². The lowest BCUT2D eigenvalue weighted by Gasteiger charge is -2.27. The molecule has 19 heavy (non-hydrogen) atoms. The monoisotopic (exact) mass is 272 g/mol. The van der Waals surface area contributed by atoms with E-state index in [9.17, 15) is 9.59 Å². The lowest BCUT2D eigenvalue weighted by atomic mass is 9.93. The molecular weight excluding hydrogens is 244 g/mol. The molecule has 0 radical (unpaired) electrons. The number of nitrogens with one attached hydrogen (secondary N) is 2. The molecule has 0 fully saturated rings. The average Bonchev–Trinajstić information content (AvgIpc) is 2.33. The van der Waals surface area contributed by atoms with Gasteiger partial charge in [-0.25, -0.2) is 0 Å². The highest BCUT2D eigenvalue weighted by Crippen LogP contribution is 2.15. The third-order valence-electron chi connectivity index (χ3n) is 3.47. The quantitative estimate of drug-likeness (QED) is 0.392. The predicted molar refractivity (Wildman–Crippen MR) is 76.4 cm³/mol. The first-order valence-corrected chi connectivity index (χ1v) is 6.89. The first-order valence-electron chi connectivity index (χ1n) is 6.89. The highest BCUT2D eigenvalue weighted by molar-refractivity contribution is 5.84. The molecule has 6 N–H and O–H groups in total. The third kappa shape index (κ3) is 6.54. The second-order valence-corrected chi connectivity index (χ2v) is 5.07. The first-order chi connectivity index (χ1) is 8.87. The van der Waals surface area contributed by atoms with Crippen LogP contribution < -0.4 is 22.1 Å². The topological polar surface area (TPSA) is 110 Å². The van der Waals surface area contributed by atoms with Crippen molar-refractivity contribution in [2.75, 3.05) is 13.6 Å². The molecule has 0 bridgehead atoms. The van der Waals surface area contributed by atoms with Crippen molar-refractivity contribution >= 4 is 11.8 Å². The van der Waals surface area contributed by atoms with Gasteiger partial charge in [-0.05, 0) is 33.4 Å². The van der Waals surface area contributed by atoms with Gasteiger partial charge in [-0.3, -0.25) is 9.59 Å². The summed E-state index contributed by atoms with van der Waals surface area (Å²) < 4.78 is 0. The van der Waals surface area contributed by atoms with Crippen molar-refractivity contribution in [2.24, 2.45) is 11.5 Å². The summed E-state index contributed by atoms with van der Waals surface area (Å²) >= 11 is 0. The molecule has 6 nitrogen and oxygen atoms in total. The summed E-state index contributed by atoms with van der Waals surface area (Å²) in [6.07, 6.45) is 4.16. The molecule has 0 spiro atoms. The van der Waals surface area contributed by atoms with Gasteiger partial charge in [0.15, 0.2) is 0 Å². The van der Waals surface area contributed by atoms with Crippen LogP contribution in [0.2, 0.25) is 0 Å². The highest BCUT2D eigenvalue weighted by atomic mass is 16.2. The predicted octanol–water partition coefficient (Wildman–Crippen LogP) is -0.136. The summed E-state index contributed by atoms with van der Waals surface area (Å²) in [6, 6.07) is -0.267. The van der Waals surface area contributed by atoms with Crippen LogP contribution in [-0.2, 0) is 9.59 Å². The third-order valence-corrected chi connectivity index (χ3v) is 3.47. The maximum Gasteiger partial charge on any atom is 0.237 e. The number of rotatable bonds is 11. The van der Waals surface area contributed by atoms with E-state index in [4.69, 9.17) is 11.5 Å². The van der Waals surface area contributed by atoms with E-state index in [2.05, 4.69) is 10.6 Å². The molecule has 6 heteroatoms. The fourth-order valence-electron chi connectivity index (χ4n) is 2.12. The Hall–Kier alpha value is -1.14. The van der Waals surface area contributed by atoms with Crippen LogP contribution in [0.3, 0.4) is 0 Å². The van der Waals surface area contributed by atoms with Crippen LogP contribution in [0, 0.1) is 0 Å². The first kappa shape index (κ1) is 17.9. The van der Waals surface area contributed by atoms with E-state index in [0.717, 1.165) is 25.7 Å². The molecule has 0 aliphatic carbocycles. The minimum atomic E-state index is -0.638. The summed E-state index contributed by atoms with van der Waals surface area (Å²) in [7, 11) is 1.73. The normalized spacial score (nSPS) is 15.7. The molecule has 0 saturated heterocycles. The molecule has 0 aromatic carbocycles. The Bertz CT molecular complexity index is 296. The molecule has 2 atom stereocenters. The molecule has 0 aliphatic heterocycles.